The second-order valence-electron chi connectivity index (χ2n) is 19.6. The molecule has 0 fully saturated rings. The Bertz CT molecular complexity index is 2200. The molecule has 0 aliphatic carbocycles. The molecule has 0 spiro atoms. The van der Waals surface area contributed by atoms with Crippen LogP contribution in [0.25, 0.3) is 44.0 Å². The Labute approximate surface area is 437 Å². The molecule has 0 amide bonds. The molecule has 0 atom stereocenters. The van der Waals surface area contributed by atoms with Crippen LogP contribution in [-0.4, -0.2) is 9.97 Å². The van der Waals surface area contributed by atoms with Gasteiger partial charge in [-0.05, 0) is 62.1 Å². The number of benzene rings is 4. The van der Waals surface area contributed by atoms with E-state index in [9.17, 15) is 0 Å². The van der Waals surface area contributed by atoms with Crippen molar-refractivity contribution in [2.45, 2.75) is 206 Å². The molecule has 1 radical (unpaired) electrons. The van der Waals surface area contributed by atoms with E-state index < -0.39 is 0 Å². The minimum absolute atomic E-state index is 0. The van der Waals surface area contributed by atoms with Gasteiger partial charge in [0.15, 0.2) is 11.2 Å². The van der Waals surface area contributed by atoms with Gasteiger partial charge in [0, 0.05) is 22.9 Å². The number of para-hydroxylation sites is 8. The molecule has 4 heterocycles. The average molecular weight is 1010 g/mol. The molecule has 385 valence electrons. The van der Waals surface area contributed by atoms with Crippen molar-refractivity contribution in [3.8, 4) is 11.5 Å². The summed E-state index contributed by atoms with van der Waals surface area (Å²) in [5, 5.41) is 9.48. The number of nitrogens with zero attached hydrogens (tertiary/aromatic N) is 4. The maximum absolute atomic E-state index is 6.10. The largest absolute Gasteiger partial charge is 2.00 e. The van der Waals surface area contributed by atoms with E-state index in [4.69, 9.17) is 38.9 Å². The fourth-order valence-corrected chi connectivity index (χ4v) is 9.61. The molecule has 0 unspecified atom stereocenters. The van der Waals surface area contributed by atoms with Crippen molar-refractivity contribution in [3.63, 3.8) is 0 Å². The molecule has 2 aliphatic rings. The van der Waals surface area contributed by atoms with Gasteiger partial charge >= 0.3 is 17.1 Å². The van der Waals surface area contributed by atoms with Crippen LogP contribution in [0, 0.1) is 0 Å². The Balaban J connectivity index is 0.000000229. The molecule has 2 aromatic heterocycles. The zero-order valence-electron chi connectivity index (χ0n) is 43.2. The standard InChI is InChI=1S/2C31H41N2O2.Cu/c2*1-2-3-4-5-6-7-8-9-10-11-12-13-14-15-20-25(30-32-26-21-16-18-23-28(26)34-30)31-33-27-22-17-19-24-29(27)35-31;/h2*16-19,21-24H,2-15,20H2,1H3;/q2*-1;+2/b30-25+;;. The van der Waals surface area contributed by atoms with Crippen LogP contribution < -0.4 is 9.47 Å². The molecule has 0 bridgehead atoms. The Morgan fingerprint density at radius 2 is 0.662 bits per heavy atom. The Kier molecular flexibility index (Phi) is 25.1. The molecule has 0 saturated carbocycles. The van der Waals surface area contributed by atoms with E-state index in [2.05, 4.69) is 13.8 Å². The van der Waals surface area contributed by atoms with Gasteiger partial charge in [0.2, 0.25) is 11.8 Å². The minimum Gasteiger partial charge on any atom is -0.624 e. The van der Waals surface area contributed by atoms with Gasteiger partial charge in [0.1, 0.15) is 22.5 Å². The molecule has 0 saturated heterocycles. The summed E-state index contributed by atoms with van der Waals surface area (Å²) in [6, 6.07) is 31.6. The normalized spacial score (nSPS) is 13.9. The summed E-state index contributed by atoms with van der Waals surface area (Å²) in [7, 11) is 0. The molecule has 6 aromatic rings. The Morgan fingerprint density at radius 1 is 0.366 bits per heavy atom. The quantitative estimate of drug-likeness (QED) is 0.0308. The molecular weight excluding hydrogens is 928 g/mol. The molecule has 0 N–H and O–H groups in total. The molecule has 8 nitrogen and oxygen atoms in total. The first-order valence-corrected chi connectivity index (χ1v) is 27.9. The third-order valence-electron chi connectivity index (χ3n) is 13.8. The molecular formula is C62H82CuN4O4. The third kappa shape index (κ3) is 18.2. The predicted octanol–water partition coefficient (Wildman–Crippen LogP) is 20.9. The summed E-state index contributed by atoms with van der Waals surface area (Å²) in [4.78, 5) is 9.48. The van der Waals surface area contributed by atoms with E-state index in [0.29, 0.717) is 23.5 Å². The van der Waals surface area contributed by atoms with Gasteiger partial charge in [-0.25, -0.2) is 9.97 Å². The fraction of sp³-hybridized carbons (Fsp3) is 0.516. The number of hydrogen-bond donors (Lipinski definition) is 0. The Morgan fingerprint density at radius 3 is 0.986 bits per heavy atom. The first-order chi connectivity index (χ1) is 34.7. The van der Waals surface area contributed by atoms with Gasteiger partial charge in [-0.15, -0.1) is 0 Å². The zero-order chi connectivity index (χ0) is 48.3. The van der Waals surface area contributed by atoms with Gasteiger partial charge in [-0.1, -0.05) is 253 Å². The summed E-state index contributed by atoms with van der Waals surface area (Å²) < 4.78 is 24.4. The van der Waals surface area contributed by atoms with E-state index in [1.165, 1.54) is 167 Å². The number of fused-ring (bicyclic) bond motifs is 4. The summed E-state index contributed by atoms with van der Waals surface area (Å²) in [5.74, 6) is 4.13. The summed E-state index contributed by atoms with van der Waals surface area (Å²) in [5.41, 5.74) is 7.03. The van der Waals surface area contributed by atoms with Gasteiger partial charge < -0.3 is 28.9 Å². The van der Waals surface area contributed by atoms with Crippen LogP contribution in [0.3, 0.4) is 0 Å². The summed E-state index contributed by atoms with van der Waals surface area (Å²) in [6.07, 6.45) is 39.6. The van der Waals surface area contributed by atoms with Crippen molar-refractivity contribution in [3.05, 3.63) is 131 Å². The smallest absolute Gasteiger partial charge is 0.624 e. The van der Waals surface area contributed by atoms with Gasteiger partial charge in [0.05, 0.1) is 0 Å². The van der Waals surface area contributed by atoms with Crippen molar-refractivity contribution >= 4 is 44.7 Å². The average Bonchev–Trinajstić information content (AvgIpc) is 4.21. The van der Waals surface area contributed by atoms with E-state index in [0.717, 1.165) is 81.9 Å². The van der Waals surface area contributed by atoms with E-state index in [-0.39, 0.29) is 17.1 Å². The van der Waals surface area contributed by atoms with Gasteiger partial charge in [-0.2, -0.15) is 0 Å². The minimum atomic E-state index is 0. The van der Waals surface area contributed by atoms with Crippen LogP contribution in [0.15, 0.2) is 118 Å². The van der Waals surface area contributed by atoms with Crippen LogP contribution in [0.2, 0.25) is 0 Å². The number of rotatable bonds is 32. The SMILES string of the molecule is CCCCCCCCCCCCCCCC/C(=C1/[N-]c2ccccc2O1)c1nc2ccccc2o1.CCCCCCCCCCCCCCCCC(=C1[N-]c2ccccc2O1)c1nc2ccccc2o1.[Cu+2]. The van der Waals surface area contributed by atoms with Crippen molar-refractivity contribution in [2.75, 3.05) is 0 Å². The number of hydrogen-bond acceptors (Lipinski definition) is 6. The zero-order valence-corrected chi connectivity index (χ0v) is 44.1. The van der Waals surface area contributed by atoms with Gasteiger partial charge in [0.25, 0.3) is 0 Å². The summed E-state index contributed by atoms with van der Waals surface area (Å²) >= 11 is 0. The monoisotopic (exact) mass is 1010 g/mol. The molecule has 2 aliphatic heterocycles. The second-order valence-corrected chi connectivity index (χ2v) is 19.6. The Hall–Kier alpha value is -4.98. The van der Waals surface area contributed by atoms with E-state index in [1.807, 2.05) is 97.1 Å². The van der Waals surface area contributed by atoms with Crippen molar-refractivity contribution in [1.29, 1.82) is 0 Å². The van der Waals surface area contributed by atoms with Crippen LogP contribution in [0.4, 0.5) is 11.4 Å². The number of aromatic nitrogens is 2. The first-order valence-electron chi connectivity index (χ1n) is 27.9. The molecule has 4 aromatic carbocycles. The van der Waals surface area contributed by atoms with Gasteiger partial charge in [-0.3, -0.25) is 0 Å². The van der Waals surface area contributed by atoms with Crippen molar-refractivity contribution in [1.82, 2.24) is 9.97 Å². The van der Waals surface area contributed by atoms with Crippen LogP contribution in [0.5, 0.6) is 11.5 Å². The maximum Gasteiger partial charge on any atom is 2.00 e. The third-order valence-corrected chi connectivity index (χ3v) is 13.8. The van der Waals surface area contributed by atoms with Crippen LogP contribution >= 0.6 is 0 Å². The maximum atomic E-state index is 6.10. The number of ether oxygens (including phenoxy) is 2. The van der Waals surface area contributed by atoms with E-state index >= 15 is 0 Å². The second kappa shape index (κ2) is 32.2. The number of allylic oxidation sites excluding steroid dienone is 2. The predicted molar refractivity (Wildman–Crippen MR) is 292 cm³/mol. The molecule has 9 heteroatoms. The van der Waals surface area contributed by atoms with Crippen LogP contribution in [0.1, 0.15) is 218 Å². The summed E-state index contributed by atoms with van der Waals surface area (Å²) in [6.45, 7) is 4.57. The van der Waals surface area contributed by atoms with Crippen molar-refractivity contribution < 1.29 is 35.4 Å². The fourth-order valence-electron chi connectivity index (χ4n) is 9.61. The molecule has 71 heavy (non-hydrogen) atoms. The topological polar surface area (TPSA) is 98.7 Å². The number of oxazole rings is 2. The van der Waals surface area contributed by atoms with Crippen LogP contribution in [-0.2, 0) is 17.1 Å². The number of unbranched alkanes of at least 4 members (excludes halogenated alkanes) is 26. The van der Waals surface area contributed by atoms with E-state index in [1.54, 1.807) is 0 Å². The first kappa shape index (κ1) is 55.3. The molecule has 8 rings (SSSR count). The van der Waals surface area contributed by atoms with Crippen molar-refractivity contribution in [2.24, 2.45) is 0 Å².